The Morgan fingerprint density at radius 1 is 1.25 bits per heavy atom. The highest BCUT2D eigenvalue weighted by atomic mass is 16.5. The third-order valence-electron chi connectivity index (χ3n) is 5.04. The Hall–Kier alpha value is -2.37. The fraction of sp³-hybridized carbons (Fsp3) is 0.500. The number of rotatable bonds is 3. The summed E-state index contributed by atoms with van der Waals surface area (Å²) < 4.78 is 6.10. The minimum atomic E-state index is -0.367. The van der Waals surface area contributed by atoms with Gasteiger partial charge in [-0.2, -0.15) is 0 Å². The Morgan fingerprint density at radius 3 is 2.62 bits per heavy atom. The lowest BCUT2D eigenvalue weighted by molar-refractivity contribution is -0.146. The zero-order valence-corrected chi connectivity index (χ0v) is 14.0. The molecule has 0 amide bonds. The molecule has 1 aliphatic carbocycles. The number of aromatic amines is 1. The Bertz CT molecular complexity index is 873. The molecule has 128 valence electrons. The first kappa shape index (κ1) is 16.5. The number of carbonyl (C=O) groups excluding carboxylic acids is 1. The number of nitrogens with one attached hydrogen (secondary N) is 1. The topological polar surface area (TPSA) is 81.2 Å². The number of carbonyl (C=O) groups is 1. The Morgan fingerprint density at radius 2 is 1.96 bits per heavy atom. The van der Waals surface area contributed by atoms with Gasteiger partial charge in [-0.05, 0) is 50.2 Å². The molecule has 1 aromatic heterocycles. The first-order valence-electron chi connectivity index (χ1n) is 8.31. The van der Waals surface area contributed by atoms with Crippen LogP contribution in [-0.2, 0) is 16.1 Å². The van der Waals surface area contributed by atoms with Crippen molar-refractivity contribution in [3.63, 3.8) is 0 Å². The molecular formula is C18H22N2O4. The molecule has 1 aliphatic rings. The zero-order valence-electron chi connectivity index (χ0n) is 14.0. The van der Waals surface area contributed by atoms with Gasteiger partial charge in [0, 0.05) is 6.54 Å². The van der Waals surface area contributed by atoms with Gasteiger partial charge in [0.2, 0.25) is 0 Å². The van der Waals surface area contributed by atoms with Crippen LogP contribution in [0.2, 0.25) is 0 Å². The van der Waals surface area contributed by atoms with Gasteiger partial charge in [-0.25, -0.2) is 4.79 Å². The van der Waals surface area contributed by atoms with E-state index < -0.39 is 0 Å². The number of H-pyrrole nitrogens is 1. The minimum Gasteiger partial charge on any atom is -0.469 e. The number of aromatic nitrogens is 2. The summed E-state index contributed by atoms with van der Waals surface area (Å²) in [6.07, 6.45) is 3.13. The van der Waals surface area contributed by atoms with E-state index in [1.54, 1.807) is 6.07 Å². The quantitative estimate of drug-likeness (QED) is 0.873. The maximum absolute atomic E-state index is 12.7. The predicted molar refractivity (Wildman–Crippen MR) is 91.0 cm³/mol. The van der Waals surface area contributed by atoms with E-state index in [9.17, 15) is 14.4 Å². The summed E-state index contributed by atoms with van der Waals surface area (Å²) in [7, 11) is 1.41. The molecule has 0 spiro atoms. The van der Waals surface area contributed by atoms with E-state index in [0.29, 0.717) is 17.4 Å². The van der Waals surface area contributed by atoms with Crippen LogP contribution < -0.4 is 11.2 Å². The van der Waals surface area contributed by atoms with E-state index in [2.05, 4.69) is 4.98 Å². The van der Waals surface area contributed by atoms with E-state index >= 15 is 0 Å². The molecule has 6 nitrogen and oxygen atoms in total. The van der Waals surface area contributed by atoms with Crippen molar-refractivity contribution in [1.29, 1.82) is 0 Å². The molecule has 1 N–H and O–H groups in total. The highest BCUT2D eigenvalue weighted by molar-refractivity contribution is 5.80. The molecule has 6 heteroatoms. The fourth-order valence-corrected chi connectivity index (χ4v) is 3.64. The van der Waals surface area contributed by atoms with Crippen LogP contribution >= 0.6 is 0 Å². The highest BCUT2D eigenvalue weighted by Gasteiger charge is 2.27. The van der Waals surface area contributed by atoms with Crippen LogP contribution in [0.1, 0.15) is 31.2 Å². The van der Waals surface area contributed by atoms with E-state index in [4.69, 9.17) is 4.74 Å². The SMILES string of the molecule is COC(=O)[C@H]1CC[C@H](Cn2c(=O)[nH]c3cccc(C)c3c2=O)CC1. The smallest absolute Gasteiger partial charge is 0.328 e. The van der Waals surface area contributed by atoms with Gasteiger partial charge in [0.15, 0.2) is 0 Å². The number of benzene rings is 1. The van der Waals surface area contributed by atoms with Crippen LogP contribution in [0.15, 0.2) is 27.8 Å². The Kier molecular flexibility index (Phi) is 4.55. The molecule has 3 rings (SSSR count). The van der Waals surface area contributed by atoms with Gasteiger partial charge < -0.3 is 9.72 Å². The summed E-state index contributed by atoms with van der Waals surface area (Å²) in [6, 6.07) is 5.44. The second-order valence-electron chi connectivity index (χ2n) is 6.58. The number of esters is 1. The van der Waals surface area contributed by atoms with Gasteiger partial charge >= 0.3 is 11.7 Å². The maximum atomic E-state index is 12.7. The molecule has 24 heavy (non-hydrogen) atoms. The number of fused-ring (bicyclic) bond motifs is 1. The lowest BCUT2D eigenvalue weighted by Gasteiger charge is -2.27. The standard InChI is InChI=1S/C18H22N2O4/c1-11-4-3-5-14-15(11)16(21)20(18(23)19-14)10-12-6-8-13(9-7-12)17(22)24-2/h3-5,12-13H,6-10H2,1-2H3,(H,19,23)/t12-,13-. The van der Waals surface area contributed by atoms with Crippen LogP contribution in [0.25, 0.3) is 10.9 Å². The number of hydrogen-bond donors (Lipinski definition) is 1. The van der Waals surface area contributed by atoms with Crippen LogP contribution in [0.3, 0.4) is 0 Å². The molecule has 2 aromatic rings. The number of ether oxygens (including phenoxy) is 1. The van der Waals surface area contributed by atoms with E-state index in [1.807, 2.05) is 19.1 Å². The van der Waals surface area contributed by atoms with Gasteiger partial charge in [0.1, 0.15) is 0 Å². The van der Waals surface area contributed by atoms with Crippen molar-refractivity contribution in [3.05, 3.63) is 44.6 Å². The normalized spacial score (nSPS) is 20.9. The van der Waals surface area contributed by atoms with Crippen molar-refractivity contribution in [2.75, 3.05) is 7.11 Å². The third kappa shape index (κ3) is 3.00. The van der Waals surface area contributed by atoms with Crippen molar-refractivity contribution >= 4 is 16.9 Å². The molecule has 1 aromatic carbocycles. The first-order chi connectivity index (χ1) is 11.5. The average Bonchev–Trinajstić information content (AvgIpc) is 2.58. The predicted octanol–water partition coefficient (Wildman–Crippen LogP) is 1.98. The molecular weight excluding hydrogens is 308 g/mol. The van der Waals surface area contributed by atoms with Crippen LogP contribution in [0.4, 0.5) is 0 Å². The monoisotopic (exact) mass is 330 g/mol. The van der Waals surface area contributed by atoms with Crippen molar-refractivity contribution < 1.29 is 9.53 Å². The molecule has 1 heterocycles. The molecule has 0 aliphatic heterocycles. The Labute approximate surface area is 139 Å². The number of nitrogens with zero attached hydrogens (tertiary/aromatic N) is 1. The third-order valence-corrected chi connectivity index (χ3v) is 5.04. The van der Waals surface area contributed by atoms with Gasteiger partial charge in [-0.1, -0.05) is 12.1 Å². The summed E-state index contributed by atoms with van der Waals surface area (Å²) in [6.45, 7) is 2.26. The Balaban J connectivity index is 1.84. The van der Waals surface area contributed by atoms with E-state index in [1.165, 1.54) is 11.7 Å². The minimum absolute atomic E-state index is 0.0555. The summed E-state index contributed by atoms with van der Waals surface area (Å²) in [5, 5.41) is 0.570. The van der Waals surface area contributed by atoms with E-state index in [-0.39, 0.29) is 29.1 Å². The highest BCUT2D eigenvalue weighted by Crippen LogP contribution is 2.30. The van der Waals surface area contributed by atoms with Crippen molar-refractivity contribution in [2.45, 2.75) is 39.2 Å². The second-order valence-corrected chi connectivity index (χ2v) is 6.58. The number of aryl methyl sites for hydroxylation is 1. The first-order valence-corrected chi connectivity index (χ1v) is 8.31. The summed E-state index contributed by atoms with van der Waals surface area (Å²) >= 11 is 0. The van der Waals surface area contributed by atoms with Crippen molar-refractivity contribution in [1.82, 2.24) is 9.55 Å². The van der Waals surface area contributed by atoms with Gasteiger partial charge in [0.05, 0.1) is 23.9 Å². The van der Waals surface area contributed by atoms with Crippen LogP contribution in [0.5, 0.6) is 0 Å². The van der Waals surface area contributed by atoms with Crippen LogP contribution in [0, 0.1) is 18.8 Å². The van der Waals surface area contributed by atoms with Gasteiger partial charge in [0.25, 0.3) is 5.56 Å². The fourth-order valence-electron chi connectivity index (χ4n) is 3.64. The molecule has 0 saturated heterocycles. The van der Waals surface area contributed by atoms with Crippen molar-refractivity contribution in [3.8, 4) is 0 Å². The van der Waals surface area contributed by atoms with E-state index in [0.717, 1.165) is 31.2 Å². The summed E-state index contributed by atoms with van der Waals surface area (Å²) in [5.74, 6) is 0.0103. The molecule has 0 atom stereocenters. The largest absolute Gasteiger partial charge is 0.469 e. The zero-order chi connectivity index (χ0) is 17.3. The second kappa shape index (κ2) is 6.63. The van der Waals surface area contributed by atoms with Gasteiger partial charge in [-0.3, -0.25) is 14.2 Å². The maximum Gasteiger partial charge on any atom is 0.328 e. The van der Waals surface area contributed by atoms with Crippen molar-refractivity contribution in [2.24, 2.45) is 11.8 Å². The number of methoxy groups -OCH3 is 1. The summed E-state index contributed by atoms with van der Waals surface area (Å²) in [4.78, 5) is 39.4. The molecule has 0 unspecified atom stereocenters. The lowest BCUT2D eigenvalue weighted by Crippen LogP contribution is -2.38. The molecule has 1 fully saturated rings. The van der Waals surface area contributed by atoms with Crippen LogP contribution in [-0.4, -0.2) is 22.6 Å². The molecule has 1 saturated carbocycles. The average molecular weight is 330 g/mol. The molecule has 0 radical (unpaired) electrons. The lowest BCUT2D eigenvalue weighted by atomic mass is 9.82. The van der Waals surface area contributed by atoms with Gasteiger partial charge in [-0.15, -0.1) is 0 Å². The molecule has 0 bridgehead atoms. The summed E-state index contributed by atoms with van der Waals surface area (Å²) in [5.41, 5.74) is 0.836. The number of hydrogen-bond acceptors (Lipinski definition) is 4.